The van der Waals surface area contributed by atoms with Gasteiger partial charge in [-0.05, 0) is 18.4 Å². The van der Waals surface area contributed by atoms with Crippen molar-refractivity contribution < 1.29 is 13.2 Å². The van der Waals surface area contributed by atoms with Crippen molar-refractivity contribution in [1.29, 1.82) is 0 Å². The second kappa shape index (κ2) is 5.31. The van der Waals surface area contributed by atoms with Crippen molar-refractivity contribution in [2.24, 2.45) is 5.92 Å². The van der Waals surface area contributed by atoms with Gasteiger partial charge in [0, 0.05) is 5.69 Å². The Hall–Kier alpha value is -1.37. The Kier molecular flexibility index (Phi) is 4.28. The second-order valence-electron chi connectivity index (χ2n) is 4.24. The van der Waals surface area contributed by atoms with Gasteiger partial charge in [0.1, 0.15) is 0 Å². The van der Waals surface area contributed by atoms with Crippen molar-refractivity contribution in [3.63, 3.8) is 0 Å². The van der Waals surface area contributed by atoms with E-state index in [1.807, 2.05) is 11.6 Å². The van der Waals surface area contributed by atoms with E-state index in [1.54, 1.807) is 19.9 Å². The SMILES string of the molecule is CCc1cc(C(=O)NS(=O)(=O)CC(C)C)n[nH]1. The Bertz CT molecular complexity index is 491. The molecule has 0 atom stereocenters. The highest BCUT2D eigenvalue weighted by Crippen LogP contribution is 2.02. The molecule has 1 aromatic rings. The maximum absolute atomic E-state index is 11.6. The number of amides is 1. The molecule has 0 aliphatic carbocycles. The summed E-state index contributed by atoms with van der Waals surface area (Å²) in [5, 5.41) is 6.41. The van der Waals surface area contributed by atoms with Crippen LogP contribution in [0, 0.1) is 5.92 Å². The smallest absolute Gasteiger partial charge is 0.282 e. The van der Waals surface area contributed by atoms with Gasteiger partial charge in [-0.3, -0.25) is 9.89 Å². The Morgan fingerprint density at radius 2 is 2.18 bits per heavy atom. The lowest BCUT2D eigenvalue weighted by molar-refractivity contribution is 0.0976. The van der Waals surface area contributed by atoms with Crippen molar-refractivity contribution in [3.8, 4) is 0 Å². The number of nitrogens with one attached hydrogen (secondary N) is 2. The van der Waals surface area contributed by atoms with Gasteiger partial charge in [0.15, 0.2) is 5.69 Å². The first-order chi connectivity index (χ1) is 7.84. The number of aromatic nitrogens is 2. The van der Waals surface area contributed by atoms with E-state index in [1.165, 1.54) is 0 Å². The monoisotopic (exact) mass is 259 g/mol. The molecule has 0 saturated heterocycles. The molecule has 0 aliphatic rings. The highest BCUT2D eigenvalue weighted by molar-refractivity contribution is 7.90. The van der Waals surface area contributed by atoms with Crippen LogP contribution in [0.15, 0.2) is 6.07 Å². The number of hydrogen-bond acceptors (Lipinski definition) is 4. The van der Waals surface area contributed by atoms with Gasteiger partial charge < -0.3 is 0 Å². The molecule has 0 unspecified atom stereocenters. The van der Waals surface area contributed by atoms with Crippen LogP contribution in [0.5, 0.6) is 0 Å². The first-order valence-electron chi connectivity index (χ1n) is 5.43. The predicted molar refractivity (Wildman–Crippen MR) is 64.1 cm³/mol. The summed E-state index contributed by atoms with van der Waals surface area (Å²) in [5.74, 6) is -0.809. The topological polar surface area (TPSA) is 91.9 Å². The number of rotatable bonds is 5. The number of hydrogen-bond donors (Lipinski definition) is 2. The fourth-order valence-corrected chi connectivity index (χ4v) is 2.68. The summed E-state index contributed by atoms with van der Waals surface area (Å²) in [7, 11) is -3.58. The molecule has 1 rings (SSSR count). The number of carbonyl (C=O) groups excluding carboxylic acids is 1. The fourth-order valence-electron chi connectivity index (χ4n) is 1.33. The molecule has 0 saturated carbocycles. The van der Waals surface area contributed by atoms with Gasteiger partial charge in [-0.15, -0.1) is 0 Å². The molecule has 0 bridgehead atoms. The molecule has 0 fully saturated rings. The number of nitrogens with zero attached hydrogens (tertiary/aromatic N) is 1. The van der Waals surface area contributed by atoms with E-state index in [0.29, 0.717) is 6.42 Å². The van der Waals surface area contributed by atoms with Crippen molar-refractivity contribution in [1.82, 2.24) is 14.9 Å². The van der Waals surface area contributed by atoms with Gasteiger partial charge >= 0.3 is 0 Å². The molecule has 0 spiro atoms. The highest BCUT2D eigenvalue weighted by atomic mass is 32.2. The number of H-pyrrole nitrogens is 1. The standard InChI is InChI=1S/C10H17N3O3S/c1-4-8-5-9(12-11-8)10(14)13-17(15,16)6-7(2)3/h5,7H,4,6H2,1-3H3,(H,11,12)(H,13,14). The predicted octanol–water partition coefficient (Wildman–Crippen LogP) is 0.688. The Balaban J connectivity index is 2.72. The average molecular weight is 259 g/mol. The molecule has 0 aromatic carbocycles. The molecule has 2 N–H and O–H groups in total. The third kappa shape index (κ3) is 4.18. The highest BCUT2D eigenvalue weighted by Gasteiger charge is 2.19. The minimum absolute atomic E-state index is 0.0364. The van der Waals surface area contributed by atoms with Gasteiger partial charge in [0.2, 0.25) is 10.0 Å². The van der Waals surface area contributed by atoms with Crippen LogP contribution in [0.1, 0.15) is 37.0 Å². The van der Waals surface area contributed by atoms with Crippen LogP contribution in [0.2, 0.25) is 0 Å². The van der Waals surface area contributed by atoms with Crippen LogP contribution in [-0.4, -0.2) is 30.3 Å². The van der Waals surface area contributed by atoms with E-state index < -0.39 is 15.9 Å². The molecule has 96 valence electrons. The van der Waals surface area contributed by atoms with Gasteiger partial charge in [-0.1, -0.05) is 20.8 Å². The van der Waals surface area contributed by atoms with E-state index in [2.05, 4.69) is 10.2 Å². The molecule has 1 amide bonds. The summed E-state index contributed by atoms with van der Waals surface area (Å²) in [6.07, 6.45) is 0.707. The molecule has 1 heterocycles. The number of aromatic amines is 1. The molecule has 17 heavy (non-hydrogen) atoms. The quantitative estimate of drug-likeness (QED) is 0.813. The van der Waals surface area contributed by atoms with Crippen LogP contribution >= 0.6 is 0 Å². The van der Waals surface area contributed by atoms with Crippen molar-refractivity contribution in [2.75, 3.05) is 5.75 Å². The molecule has 7 heteroatoms. The summed E-state index contributed by atoms with van der Waals surface area (Å²) in [5.41, 5.74) is 0.880. The zero-order valence-electron chi connectivity index (χ0n) is 10.1. The minimum atomic E-state index is -3.58. The summed E-state index contributed by atoms with van der Waals surface area (Å²) in [6.45, 7) is 5.45. The number of sulfonamides is 1. The number of carbonyl (C=O) groups is 1. The van der Waals surface area contributed by atoms with E-state index in [0.717, 1.165) is 5.69 Å². The van der Waals surface area contributed by atoms with Gasteiger partial charge in [-0.25, -0.2) is 13.1 Å². The van der Waals surface area contributed by atoms with E-state index in [9.17, 15) is 13.2 Å². The fraction of sp³-hybridized carbons (Fsp3) is 0.600. The average Bonchev–Trinajstić information content (AvgIpc) is 2.62. The lowest BCUT2D eigenvalue weighted by Crippen LogP contribution is -2.34. The van der Waals surface area contributed by atoms with Crippen LogP contribution in [0.3, 0.4) is 0 Å². The molecular formula is C10H17N3O3S. The summed E-state index contributed by atoms with van der Waals surface area (Å²) >= 11 is 0. The Morgan fingerprint density at radius 1 is 1.53 bits per heavy atom. The molecule has 6 nitrogen and oxygen atoms in total. The van der Waals surface area contributed by atoms with Crippen LogP contribution in [-0.2, 0) is 16.4 Å². The molecule has 0 aliphatic heterocycles. The third-order valence-corrected chi connectivity index (χ3v) is 3.65. The maximum atomic E-state index is 11.6. The Labute approximate surface area is 101 Å². The summed E-state index contributed by atoms with van der Waals surface area (Å²) in [6, 6.07) is 1.54. The minimum Gasteiger partial charge on any atom is -0.282 e. The molecular weight excluding hydrogens is 242 g/mol. The van der Waals surface area contributed by atoms with E-state index in [4.69, 9.17) is 0 Å². The maximum Gasteiger partial charge on any atom is 0.285 e. The van der Waals surface area contributed by atoms with E-state index >= 15 is 0 Å². The van der Waals surface area contributed by atoms with Crippen LogP contribution < -0.4 is 4.72 Å². The lowest BCUT2D eigenvalue weighted by Gasteiger charge is -2.07. The summed E-state index contributed by atoms with van der Waals surface area (Å²) in [4.78, 5) is 11.6. The van der Waals surface area contributed by atoms with Gasteiger partial charge in [-0.2, -0.15) is 5.10 Å². The van der Waals surface area contributed by atoms with Gasteiger partial charge in [0.05, 0.1) is 5.75 Å². The molecule has 1 aromatic heterocycles. The lowest BCUT2D eigenvalue weighted by atomic mass is 10.3. The Morgan fingerprint density at radius 3 is 2.65 bits per heavy atom. The molecule has 0 radical (unpaired) electrons. The first-order valence-corrected chi connectivity index (χ1v) is 7.08. The number of aryl methyl sites for hydroxylation is 1. The zero-order chi connectivity index (χ0) is 13.1. The van der Waals surface area contributed by atoms with Crippen LogP contribution in [0.4, 0.5) is 0 Å². The van der Waals surface area contributed by atoms with Crippen molar-refractivity contribution in [3.05, 3.63) is 17.5 Å². The summed E-state index contributed by atoms with van der Waals surface area (Å²) < 4.78 is 25.1. The normalized spacial score (nSPS) is 11.8. The third-order valence-electron chi connectivity index (χ3n) is 2.05. The van der Waals surface area contributed by atoms with Crippen LogP contribution in [0.25, 0.3) is 0 Å². The largest absolute Gasteiger partial charge is 0.285 e. The van der Waals surface area contributed by atoms with E-state index in [-0.39, 0.29) is 17.4 Å². The van der Waals surface area contributed by atoms with Crippen molar-refractivity contribution >= 4 is 15.9 Å². The zero-order valence-corrected chi connectivity index (χ0v) is 11.0. The first kappa shape index (κ1) is 13.7. The van der Waals surface area contributed by atoms with Gasteiger partial charge in [0.25, 0.3) is 5.91 Å². The van der Waals surface area contributed by atoms with Crippen molar-refractivity contribution in [2.45, 2.75) is 27.2 Å². The second-order valence-corrected chi connectivity index (χ2v) is 6.01.